The molecule has 0 amide bonds. The van der Waals surface area contributed by atoms with Crippen molar-refractivity contribution in [2.45, 2.75) is 10.9 Å². The van der Waals surface area contributed by atoms with Gasteiger partial charge in [0, 0.05) is 4.90 Å². The van der Waals surface area contributed by atoms with Gasteiger partial charge in [0.05, 0.1) is 0 Å². The summed E-state index contributed by atoms with van der Waals surface area (Å²) in [6, 6.07) is 5.89. The van der Waals surface area contributed by atoms with E-state index in [0.717, 1.165) is 0 Å². The molecule has 0 saturated carbocycles. The van der Waals surface area contributed by atoms with Crippen molar-refractivity contribution in [2.75, 3.05) is 0 Å². The maximum absolute atomic E-state index is 10.5. The molecule has 1 rings (SSSR count). The summed E-state index contributed by atoms with van der Waals surface area (Å²) in [7, 11) is 0. The first-order valence-electron chi connectivity index (χ1n) is 3.39. The highest BCUT2D eigenvalue weighted by molar-refractivity contribution is 7.80. The molecular weight excluding hydrogens is 174 g/mol. The van der Waals surface area contributed by atoms with Crippen LogP contribution in [0.25, 0.3) is 0 Å². The van der Waals surface area contributed by atoms with Crippen LogP contribution >= 0.6 is 12.6 Å². The second kappa shape index (κ2) is 3.60. The predicted octanol–water partition coefficient (Wildman–Crippen LogP) is 1.06. The van der Waals surface area contributed by atoms with E-state index in [-0.39, 0.29) is 0 Å². The third-order valence-electron chi connectivity index (χ3n) is 1.54. The van der Waals surface area contributed by atoms with Gasteiger partial charge in [-0.1, -0.05) is 18.2 Å². The number of carboxylic acids is 1. The monoisotopic (exact) mass is 183 g/mol. The van der Waals surface area contributed by atoms with Gasteiger partial charge in [-0.3, -0.25) is 4.79 Å². The van der Waals surface area contributed by atoms with Gasteiger partial charge >= 0.3 is 5.97 Å². The molecule has 0 radical (unpaired) electrons. The highest BCUT2D eigenvalue weighted by Crippen LogP contribution is 2.18. The third kappa shape index (κ3) is 1.78. The molecule has 0 unspecified atom stereocenters. The minimum absolute atomic E-state index is 0.535. The van der Waals surface area contributed by atoms with Crippen LogP contribution in [0.5, 0.6) is 0 Å². The largest absolute Gasteiger partial charge is 0.480 e. The Bertz CT molecular complexity index is 301. The van der Waals surface area contributed by atoms with E-state index in [1.807, 2.05) is 0 Å². The molecule has 0 saturated heterocycles. The van der Waals surface area contributed by atoms with Crippen LogP contribution in [-0.2, 0) is 4.79 Å². The second-order valence-corrected chi connectivity index (χ2v) is 2.86. The fourth-order valence-corrected chi connectivity index (χ4v) is 1.18. The minimum atomic E-state index is -1.04. The lowest BCUT2D eigenvalue weighted by Crippen LogP contribution is -2.20. The maximum atomic E-state index is 10.5. The van der Waals surface area contributed by atoms with Crippen molar-refractivity contribution < 1.29 is 9.90 Å². The van der Waals surface area contributed by atoms with E-state index >= 15 is 0 Å². The molecule has 0 heterocycles. The quantitative estimate of drug-likeness (QED) is 0.601. The Hall–Kier alpha value is -1.00. The average Bonchev–Trinajstić information content (AvgIpc) is 2.04. The maximum Gasteiger partial charge on any atom is 0.325 e. The minimum Gasteiger partial charge on any atom is -0.480 e. The number of hydrogen-bond acceptors (Lipinski definition) is 3. The van der Waals surface area contributed by atoms with E-state index in [1.54, 1.807) is 24.3 Å². The summed E-state index contributed by atoms with van der Waals surface area (Å²) in [5.74, 6) is -1.04. The van der Waals surface area contributed by atoms with Gasteiger partial charge in [-0.15, -0.1) is 12.6 Å². The van der Waals surface area contributed by atoms with Gasteiger partial charge in [-0.05, 0) is 11.6 Å². The van der Waals surface area contributed by atoms with Gasteiger partial charge in [0.2, 0.25) is 0 Å². The average molecular weight is 183 g/mol. The Labute approximate surface area is 75.6 Å². The smallest absolute Gasteiger partial charge is 0.325 e. The lowest BCUT2D eigenvalue weighted by atomic mass is 10.1. The topological polar surface area (TPSA) is 63.3 Å². The molecule has 0 aromatic heterocycles. The van der Waals surface area contributed by atoms with E-state index in [2.05, 4.69) is 12.6 Å². The Morgan fingerprint density at radius 2 is 2.08 bits per heavy atom. The molecule has 0 bridgehead atoms. The SMILES string of the molecule is N[C@@H](C(=O)O)c1ccccc1S. The van der Waals surface area contributed by atoms with Crippen molar-refractivity contribution in [3.63, 3.8) is 0 Å². The van der Waals surface area contributed by atoms with E-state index < -0.39 is 12.0 Å². The number of rotatable bonds is 2. The summed E-state index contributed by atoms with van der Waals surface area (Å²) < 4.78 is 0. The first-order chi connectivity index (χ1) is 5.63. The summed E-state index contributed by atoms with van der Waals surface area (Å²) in [6.45, 7) is 0. The Morgan fingerprint density at radius 1 is 1.50 bits per heavy atom. The Morgan fingerprint density at radius 3 is 2.58 bits per heavy atom. The van der Waals surface area contributed by atoms with Crippen molar-refractivity contribution in [3.8, 4) is 0 Å². The number of aliphatic carboxylic acids is 1. The van der Waals surface area contributed by atoms with Crippen LogP contribution in [0.1, 0.15) is 11.6 Å². The number of benzene rings is 1. The van der Waals surface area contributed by atoms with Crippen LogP contribution in [-0.4, -0.2) is 11.1 Å². The molecule has 64 valence electrons. The zero-order chi connectivity index (χ0) is 9.14. The number of thiol groups is 1. The number of carbonyl (C=O) groups is 1. The summed E-state index contributed by atoms with van der Waals surface area (Å²) in [6.07, 6.45) is 0. The molecule has 0 aliphatic heterocycles. The van der Waals surface area contributed by atoms with Crippen LogP contribution in [0.3, 0.4) is 0 Å². The molecule has 0 fully saturated rings. The fourth-order valence-electron chi connectivity index (χ4n) is 0.884. The molecular formula is C8H9NO2S. The lowest BCUT2D eigenvalue weighted by Gasteiger charge is -2.08. The van der Waals surface area contributed by atoms with Crippen LogP contribution in [0, 0.1) is 0 Å². The summed E-state index contributed by atoms with van der Waals surface area (Å²) >= 11 is 4.09. The van der Waals surface area contributed by atoms with Crippen LogP contribution < -0.4 is 5.73 Å². The van der Waals surface area contributed by atoms with Gasteiger partial charge in [-0.2, -0.15) is 0 Å². The molecule has 3 N–H and O–H groups in total. The zero-order valence-electron chi connectivity index (χ0n) is 6.27. The molecule has 0 aliphatic carbocycles. The first-order valence-corrected chi connectivity index (χ1v) is 3.84. The highest BCUT2D eigenvalue weighted by Gasteiger charge is 2.15. The molecule has 1 atom stereocenters. The van der Waals surface area contributed by atoms with Gasteiger partial charge in [0.15, 0.2) is 0 Å². The Kier molecular flexibility index (Phi) is 2.73. The van der Waals surface area contributed by atoms with Crippen molar-refractivity contribution >= 4 is 18.6 Å². The molecule has 4 heteroatoms. The van der Waals surface area contributed by atoms with E-state index in [9.17, 15) is 4.79 Å². The number of carboxylic acid groups (broad SMARTS) is 1. The fraction of sp³-hybridized carbons (Fsp3) is 0.125. The molecule has 0 spiro atoms. The van der Waals surface area contributed by atoms with E-state index in [1.165, 1.54) is 0 Å². The van der Waals surface area contributed by atoms with Gasteiger partial charge in [0.1, 0.15) is 6.04 Å². The molecule has 1 aromatic rings. The third-order valence-corrected chi connectivity index (χ3v) is 1.95. The summed E-state index contributed by atoms with van der Waals surface area (Å²) in [5, 5.41) is 8.60. The van der Waals surface area contributed by atoms with Crippen LogP contribution in [0.2, 0.25) is 0 Å². The van der Waals surface area contributed by atoms with Crippen LogP contribution in [0.15, 0.2) is 29.2 Å². The van der Waals surface area contributed by atoms with Crippen molar-refractivity contribution in [3.05, 3.63) is 29.8 Å². The predicted molar refractivity (Wildman–Crippen MR) is 48.3 cm³/mol. The lowest BCUT2D eigenvalue weighted by molar-refractivity contribution is -0.138. The van der Waals surface area contributed by atoms with Crippen LogP contribution in [0.4, 0.5) is 0 Å². The van der Waals surface area contributed by atoms with E-state index in [0.29, 0.717) is 10.5 Å². The molecule has 0 aliphatic rings. The number of hydrogen-bond donors (Lipinski definition) is 3. The van der Waals surface area contributed by atoms with Crippen molar-refractivity contribution in [1.82, 2.24) is 0 Å². The summed E-state index contributed by atoms with van der Waals surface area (Å²) in [4.78, 5) is 11.1. The highest BCUT2D eigenvalue weighted by atomic mass is 32.1. The standard InChI is InChI=1S/C8H9NO2S/c9-7(8(10)11)5-3-1-2-4-6(5)12/h1-4,7,12H,9H2,(H,10,11)/t7-/m1/s1. The second-order valence-electron chi connectivity index (χ2n) is 2.37. The summed E-state index contributed by atoms with van der Waals surface area (Å²) in [5.41, 5.74) is 5.93. The van der Waals surface area contributed by atoms with Crippen molar-refractivity contribution in [1.29, 1.82) is 0 Å². The zero-order valence-corrected chi connectivity index (χ0v) is 7.16. The molecule has 3 nitrogen and oxygen atoms in total. The van der Waals surface area contributed by atoms with Crippen molar-refractivity contribution in [2.24, 2.45) is 5.73 Å². The normalized spacial score (nSPS) is 12.5. The van der Waals surface area contributed by atoms with Gasteiger partial charge < -0.3 is 10.8 Å². The molecule has 1 aromatic carbocycles. The number of nitrogens with two attached hydrogens (primary N) is 1. The first kappa shape index (κ1) is 9.09. The van der Waals surface area contributed by atoms with E-state index in [4.69, 9.17) is 10.8 Å². The Balaban J connectivity index is 3.02. The molecule has 12 heavy (non-hydrogen) atoms. The van der Waals surface area contributed by atoms with Gasteiger partial charge in [-0.25, -0.2) is 0 Å². The van der Waals surface area contributed by atoms with Gasteiger partial charge in [0.25, 0.3) is 0 Å².